The Kier molecular flexibility index (Phi) is 3.28. The van der Waals surface area contributed by atoms with Gasteiger partial charge in [-0.15, -0.1) is 0 Å². The second-order valence-electron chi connectivity index (χ2n) is 2.72. The molecule has 7 heteroatoms. The van der Waals surface area contributed by atoms with Crippen LogP contribution in [0.3, 0.4) is 0 Å². The second-order valence-corrected chi connectivity index (χ2v) is 3.74. The van der Waals surface area contributed by atoms with E-state index in [9.17, 15) is 13.2 Å². The maximum atomic E-state index is 10.7. The topological polar surface area (TPSA) is 92.7 Å². The number of rotatable bonds is 3. The van der Waals surface area contributed by atoms with Gasteiger partial charge in [0.05, 0.1) is 0 Å². The lowest BCUT2D eigenvalue weighted by atomic mass is 10.3. The molecule has 2 N–H and O–H groups in total. The molecule has 82 valence electrons. The van der Waals surface area contributed by atoms with E-state index in [1.165, 1.54) is 25.1 Å². The van der Waals surface area contributed by atoms with Crippen molar-refractivity contribution in [1.82, 2.24) is 0 Å². The van der Waals surface area contributed by atoms with E-state index in [2.05, 4.69) is 9.50 Å². The van der Waals surface area contributed by atoms with Crippen LogP contribution in [-0.2, 0) is 15.2 Å². The second kappa shape index (κ2) is 4.28. The normalized spacial score (nSPS) is 10.8. The van der Waals surface area contributed by atoms with Crippen LogP contribution in [0.5, 0.6) is 5.75 Å². The Morgan fingerprint density at radius 3 is 2.67 bits per heavy atom. The number of hydrogen-bond acceptors (Lipinski definition) is 4. The van der Waals surface area contributed by atoms with Gasteiger partial charge in [-0.05, 0) is 12.1 Å². The first-order valence-corrected chi connectivity index (χ1v) is 5.28. The van der Waals surface area contributed by atoms with E-state index in [-0.39, 0.29) is 11.7 Å². The minimum atomic E-state index is -4.54. The molecule has 1 aromatic carbocycles. The van der Waals surface area contributed by atoms with Crippen LogP contribution < -0.4 is 9.50 Å². The Morgan fingerprint density at radius 2 is 2.13 bits per heavy atom. The maximum absolute atomic E-state index is 10.7. The molecule has 6 nitrogen and oxygen atoms in total. The van der Waals surface area contributed by atoms with Crippen molar-refractivity contribution in [2.45, 2.75) is 6.92 Å². The Bertz CT molecular complexity index is 468. The van der Waals surface area contributed by atoms with Gasteiger partial charge in [-0.25, -0.2) is 0 Å². The Morgan fingerprint density at radius 1 is 1.47 bits per heavy atom. The lowest BCUT2D eigenvalue weighted by molar-refractivity contribution is -0.114. The van der Waals surface area contributed by atoms with Crippen molar-refractivity contribution in [3.8, 4) is 5.75 Å². The zero-order chi connectivity index (χ0) is 11.5. The molecule has 0 aliphatic carbocycles. The summed E-state index contributed by atoms with van der Waals surface area (Å²) in [5.74, 6) is -0.372. The highest BCUT2D eigenvalue weighted by molar-refractivity contribution is 7.81. The first kappa shape index (κ1) is 11.5. The van der Waals surface area contributed by atoms with Gasteiger partial charge in [-0.2, -0.15) is 8.42 Å². The van der Waals surface area contributed by atoms with Gasteiger partial charge in [0.1, 0.15) is 5.75 Å². The third-order valence-electron chi connectivity index (χ3n) is 1.36. The highest BCUT2D eigenvalue weighted by Gasteiger charge is 2.07. The fourth-order valence-electron chi connectivity index (χ4n) is 0.951. The average Bonchev–Trinajstić information content (AvgIpc) is 1.99. The maximum Gasteiger partial charge on any atom is 0.446 e. The van der Waals surface area contributed by atoms with E-state index < -0.39 is 10.4 Å². The van der Waals surface area contributed by atoms with Crippen LogP contribution in [0.1, 0.15) is 6.92 Å². The highest BCUT2D eigenvalue weighted by Crippen LogP contribution is 2.18. The third-order valence-corrected chi connectivity index (χ3v) is 1.76. The van der Waals surface area contributed by atoms with Gasteiger partial charge in [-0.1, -0.05) is 6.07 Å². The summed E-state index contributed by atoms with van der Waals surface area (Å²) in [5.41, 5.74) is 0.378. The molecule has 0 saturated carbocycles. The van der Waals surface area contributed by atoms with Crippen LogP contribution in [0.25, 0.3) is 0 Å². The zero-order valence-electron chi connectivity index (χ0n) is 7.80. The molecule has 0 bridgehead atoms. The summed E-state index contributed by atoms with van der Waals surface area (Å²) < 4.78 is 33.4. The van der Waals surface area contributed by atoms with E-state index in [0.717, 1.165) is 0 Å². The molecule has 0 heterocycles. The van der Waals surface area contributed by atoms with Gasteiger partial charge >= 0.3 is 10.4 Å². The summed E-state index contributed by atoms with van der Waals surface area (Å²) in [4.78, 5) is 10.7. The number of nitrogens with one attached hydrogen (secondary N) is 1. The molecule has 0 aliphatic rings. The van der Waals surface area contributed by atoms with E-state index >= 15 is 0 Å². The van der Waals surface area contributed by atoms with E-state index in [0.29, 0.717) is 5.69 Å². The monoisotopic (exact) mass is 231 g/mol. The minimum absolute atomic E-state index is 0.0799. The van der Waals surface area contributed by atoms with Crippen LogP contribution in [0.4, 0.5) is 5.69 Å². The molecule has 0 atom stereocenters. The van der Waals surface area contributed by atoms with Crippen molar-refractivity contribution in [2.75, 3.05) is 5.32 Å². The predicted molar refractivity (Wildman–Crippen MR) is 52.9 cm³/mol. The standard InChI is InChI=1S/C8H9NO5S/c1-6(10)9-7-3-2-4-8(5-7)14-15(11,12)13/h2-5H,1H3,(H,9,10)(H,11,12,13). The fourth-order valence-corrected chi connectivity index (χ4v) is 1.30. The summed E-state index contributed by atoms with van der Waals surface area (Å²) in [6, 6.07) is 5.64. The van der Waals surface area contributed by atoms with Crippen molar-refractivity contribution in [3.63, 3.8) is 0 Å². The third kappa shape index (κ3) is 4.43. The highest BCUT2D eigenvalue weighted by atomic mass is 32.3. The molecule has 0 fully saturated rings. The van der Waals surface area contributed by atoms with Crippen LogP contribution >= 0.6 is 0 Å². The number of carbonyl (C=O) groups is 1. The zero-order valence-corrected chi connectivity index (χ0v) is 8.61. The molecule has 15 heavy (non-hydrogen) atoms. The lowest BCUT2D eigenvalue weighted by Crippen LogP contribution is -2.08. The summed E-state index contributed by atoms with van der Waals surface area (Å²) in [5, 5.41) is 2.44. The van der Waals surface area contributed by atoms with Crippen LogP contribution in [-0.4, -0.2) is 18.9 Å². The molecule has 0 unspecified atom stereocenters. The predicted octanol–water partition coefficient (Wildman–Crippen LogP) is 0.827. The SMILES string of the molecule is CC(=O)Nc1cccc(OS(=O)(=O)O)c1. The summed E-state index contributed by atoms with van der Waals surface area (Å²) in [6.45, 7) is 1.32. The molecular weight excluding hydrogens is 222 g/mol. The molecule has 1 amide bonds. The summed E-state index contributed by atoms with van der Waals surface area (Å²) in [7, 11) is -4.54. The molecule has 1 rings (SSSR count). The van der Waals surface area contributed by atoms with Crippen molar-refractivity contribution in [1.29, 1.82) is 0 Å². The van der Waals surface area contributed by atoms with Gasteiger partial charge < -0.3 is 9.50 Å². The largest absolute Gasteiger partial charge is 0.446 e. The van der Waals surface area contributed by atoms with Gasteiger partial charge in [-0.3, -0.25) is 9.35 Å². The molecular formula is C8H9NO5S. The Hall–Kier alpha value is -1.60. The van der Waals surface area contributed by atoms with E-state index in [1.54, 1.807) is 6.07 Å². The van der Waals surface area contributed by atoms with Crippen molar-refractivity contribution >= 4 is 22.0 Å². The Labute approximate surface area is 86.8 Å². The lowest BCUT2D eigenvalue weighted by Gasteiger charge is -2.04. The van der Waals surface area contributed by atoms with Crippen LogP contribution in [0.15, 0.2) is 24.3 Å². The van der Waals surface area contributed by atoms with Crippen molar-refractivity contribution in [3.05, 3.63) is 24.3 Å². The first-order valence-electron chi connectivity index (χ1n) is 3.91. The van der Waals surface area contributed by atoms with E-state index in [1.807, 2.05) is 0 Å². The molecule has 0 saturated heterocycles. The molecule has 0 aliphatic heterocycles. The van der Waals surface area contributed by atoms with Crippen molar-refractivity contribution in [2.24, 2.45) is 0 Å². The van der Waals surface area contributed by atoms with Gasteiger partial charge in [0.15, 0.2) is 0 Å². The fraction of sp³-hybridized carbons (Fsp3) is 0.125. The molecule has 0 radical (unpaired) electrons. The number of amides is 1. The van der Waals surface area contributed by atoms with Crippen molar-refractivity contribution < 1.29 is 21.9 Å². The Balaban J connectivity index is 2.88. The number of hydrogen-bond donors (Lipinski definition) is 2. The summed E-state index contributed by atoms with van der Waals surface area (Å²) in [6.07, 6.45) is 0. The van der Waals surface area contributed by atoms with Gasteiger partial charge in [0.25, 0.3) is 0 Å². The number of benzene rings is 1. The van der Waals surface area contributed by atoms with Gasteiger partial charge in [0, 0.05) is 18.7 Å². The van der Waals surface area contributed by atoms with Gasteiger partial charge in [0.2, 0.25) is 5.91 Å². The van der Waals surface area contributed by atoms with Crippen LogP contribution in [0, 0.1) is 0 Å². The molecule has 0 spiro atoms. The average molecular weight is 231 g/mol. The number of carbonyl (C=O) groups excluding carboxylic acids is 1. The van der Waals surface area contributed by atoms with E-state index in [4.69, 9.17) is 4.55 Å². The summed E-state index contributed by atoms with van der Waals surface area (Å²) >= 11 is 0. The molecule has 0 aromatic heterocycles. The smallest absolute Gasteiger partial charge is 0.362 e. The van der Waals surface area contributed by atoms with Crippen LogP contribution in [0.2, 0.25) is 0 Å². The minimum Gasteiger partial charge on any atom is -0.362 e. The molecule has 1 aromatic rings. The first-order chi connectivity index (χ1) is 6.87. The quantitative estimate of drug-likeness (QED) is 0.751. The number of anilines is 1.